The van der Waals surface area contributed by atoms with Crippen LogP contribution in [0.15, 0.2) is 48.5 Å². The molecule has 0 fully saturated rings. The molecule has 23 heavy (non-hydrogen) atoms. The highest BCUT2D eigenvalue weighted by molar-refractivity contribution is 7.88. The number of benzene rings is 2. The van der Waals surface area contributed by atoms with E-state index in [1.54, 1.807) is 33.7 Å². The number of hydrogen-bond donors (Lipinski definition) is 2. The number of carbonyl (C=O) groups excluding carboxylic acids is 2. The Hall–Kier alpha value is -2.67. The number of rotatable bonds is 4. The Balaban J connectivity index is 2.06. The molecule has 2 N–H and O–H groups in total. The van der Waals surface area contributed by atoms with Crippen LogP contribution in [0.5, 0.6) is 0 Å². The summed E-state index contributed by atoms with van der Waals surface area (Å²) in [6.07, 6.45) is 0. The number of hydrogen-bond acceptors (Lipinski definition) is 4. The first-order chi connectivity index (χ1) is 10.8. The van der Waals surface area contributed by atoms with Gasteiger partial charge in [0.25, 0.3) is 11.8 Å². The zero-order valence-corrected chi connectivity index (χ0v) is 13.5. The van der Waals surface area contributed by atoms with Crippen LogP contribution in [0.1, 0.15) is 31.8 Å². The van der Waals surface area contributed by atoms with Crippen molar-refractivity contribution in [1.82, 2.24) is 9.44 Å². The van der Waals surface area contributed by atoms with E-state index >= 15 is 0 Å². The standard InChI is InChI=1S/C16H16N2O4S/c1-11-3-7-13(8-4-11)15(19)17-23(21,22)18-16(20)14-9-5-12(2)6-10-14/h3-10H,1-2H3,(H,17,19)(H,18,20). The first-order valence-electron chi connectivity index (χ1n) is 6.79. The monoisotopic (exact) mass is 332 g/mol. The van der Waals surface area contributed by atoms with Gasteiger partial charge in [0.2, 0.25) is 0 Å². The molecule has 6 nitrogen and oxygen atoms in total. The molecule has 0 aromatic heterocycles. The molecule has 0 saturated heterocycles. The fraction of sp³-hybridized carbons (Fsp3) is 0.125. The Morgan fingerprint density at radius 1 is 0.696 bits per heavy atom. The SMILES string of the molecule is Cc1ccc(C(=O)NS(=O)(=O)NC(=O)c2ccc(C)cc2)cc1. The van der Waals surface area contributed by atoms with Crippen molar-refractivity contribution in [2.75, 3.05) is 0 Å². The molecule has 0 heterocycles. The molecule has 0 atom stereocenters. The van der Waals surface area contributed by atoms with E-state index < -0.39 is 22.0 Å². The highest BCUT2D eigenvalue weighted by Gasteiger charge is 2.19. The van der Waals surface area contributed by atoms with E-state index in [1.165, 1.54) is 24.3 Å². The van der Waals surface area contributed by atoms with Crippen LogP contribution in [-0.4, -0.2) is 20.2 Å². The molecule has 0 saturated carbocycles. The van der Waals surface area contributed by atoms with Crippen LogP contribution >= 0.6 is 0 Å². The topological polar surface area (TPSA) is 92.3 Å². The van der Waals surface area contributed by atoms with Gasteiger partial charge in [-0.25, -0.2) is 9.44 Å². The lowest BCUT2D eigenvalue weighted by Gasteiger charge is -2.09. The van der Waals surface area contributed by atoms with Crippen molar-refractivity contribution in [1.29, 1.82) is 0 Å². The van der Waals surface area contributed by atoms with Crippen molar-refractivity contribution in [3.8, 4) is 0 Å². The Morgan fingerprint density at radius 2 is 1.00 bits per heavy atom. The zero-order valence-electron chi connectivity index (χ0n) is 12.7. The van der Waals surface area contributed by atoms with Crippen molar-refractivity contribution < 1.29 is 18.0 Å². The molecule has 0 spiro atoms. The van der Waals surface area contributed by atoms with Crippen LogP contribution in [0, 0.1) is 13.8 Å². The average molecular weight is 332 g/mol. The third-order valence-corrected chi connectivity index (χ3v) is 3.99. The van der Waals surface area contributed by atoms with Crippen LogP contribution in [-0.2, 0) is 10.2 Å². The van der Waals surface area contributed by atoms with E-state index in [0.717, 1.165) is 11.1 Å². The summed E-state index contributed by atoms with van der Waals surface area (Å²) >= 11 is 0. The molecule has 2 rings (SSSR count). The summed E-state index contributed by atoms with van der Waals surface area (Å²) in [5, 5.41) is 0. The Labute approximate surface area is 134 Å². The van der Waals surface area contributed by atoms with E-state index in [2.05, 4.69) is 0 Å². The van der Waals surface area contributed by atoms with E-state index in [-0.39, 0.29) is 11.1 Å². The predicted octanol–water partition coefficient (Wildman–Crippen LogP) is 1.71. The van der Waals surface area contributed by atoms with Gasteiger partial charge in [-0.15, -0.1) is 0 Å². The lowest BCUT2D eigenvalue weighted by atomic mass is 10.1. The van der Waals surface area contributed by atoms with Gasteiger partial charge in [0.05, 0.1) is 0 Å². The smallest absolute Gasteiger partial charge is 0.268 e. The Kier molecular flexibility index (Phi) is 4.80. The largest absolute Gasteiger partial charge is 0.326 e. The third kappa shape index (κ3) is 4.65. The highest BCUT2D eigenvalue weighted by atomic mass is 32.2. The van der Waals surface area contributed by atoms with Crippen molar-refractivity contribution in [2.45, 2.75) is 13.8 Å². The number of aryl methyl sites for hydroxylation is 2. The third-order valence-electron chi connectivity index (χ3n) is 3.08. The summed E-state index contributed by atoms with van der Waals surface area (Å²) in [5.74, 6) is -1.62. The van der Waals surface area contributed by atoms with Crippen LogP contribution in [0.2, 0.25) is 0 Å². The molecular weight excluding hydrogens is 316 g/mol. The fourth-order valence-corrected chi connectivity index (χ4v) is 2.57. The van der Waals surface area contributed by atoms with Gasteiger partial charge in [-0.2, -0.15) is 8.42 Å². The van der Waals surface area contributed by atoms with Crippen LogP contribution in [0.4, 0.5) is 0 Å². The van der Waals surface area contributed by atoms with E-state index in [1.807, 2.05) is 13.8 Å². The van der Waals surface area contributed by atoms with Gasteiger partial charge in [0.15, 0.2) is 0 Å². The number of nitrogens with one attached hydrogen (secondary N) is 2. The lowest BCUT2D eigenvalue weighted by Crippen LogP contribution is -2.43. The van der Waals surface area contributed by atoms with Gasteiger partial charge in [-0.1, -0.05) is 35.4 Å². The first-order valence-corrected chi connectivity index (χ1v) is 8.28. The maximum atomic E-state index is 11.9. The van der Waals surface area contributed by atoms with Crippen LogP contribution < -0.4 is 9.44 Å². The molecule has 7 heteroatoms. The summed E-state index contributed by atoms with van der Waals surface area (Å²) in [5.41, 5.74) is 2.25. The second-order valence-corrected chi connectivity index (χ2v) is 6.51. The Morgan fingerprint density at radius 3 is 1.30 bits per heavy atom. The molecule has 0 aliphatic heterocycles. The van der Waals surface area contributed by atoms with Crippen molar-refractivity contribution in [2.24, 2.45) is 0 Å². The number of carbonyl (C=O) groups is 2. The molecule has 0 aliphatic rings. The number of amides is 2. The van der Waals surface area contributed by atoms with Crippen LogP contribution in [0.25, 0.3) is 0 Å². The van der Waals surface area contributed by atoms with E-state index in [0.29, 0.717) is 0 Å². The fourth-order valence-electron chi connectivity index (χ4n) is 1.80. The molecule has 2 aromatic rings. The summed E-state index contributed by atoms with van der Waals surface area (Å²) in [4.78, 5) is 23.8. The van der Waals surface area contributed by atoms with Gasteiger partial charge in [0, 0.05) is 11.1 Å². The van der Waals surface area contributed by atoms with Gasteiger partial charge in [0.1, 0.15) is 0 Å². The average Bonchev–Trinajstić information content (AvgIpc) is 2.47. The highest BCUT2D eigenvalue weighted by Crippen LogP contribution is 2.05. The maximum absolute atomic E-state index is 11.9. The molecule has 0 unspecified atom stereocenters. The van der Waals surface area contributed by atoms with Crippen molar-refractivity contribution >= 4 is 22.0 Å². The molecule has 2 amide bonds. The van der Waals surface area contributed by atoms with E-state index in [4.69, 9.17) is 0 Å². The summed E-state index contributed by atoms with van der Waals surface area (Å²) in [6, 6.07) is 12.8. The molecule has 0 aliphatic carbocycles. The van der Waals surface area contributed by atoms with Crippen molar-refractivity contribution in [3.63, 3.8) is 0 Å². The molecule has 0 radical (unpaired) electrons. The lowest BCUT2D eigenvalue weighted by molar-refractivity contribution is 0.0976. The van der Waals surface area contributed by atoms with Gasteiger partial charge >= 0.3 is 10.2 Å². The quantitative estimate of drug-likeness (QED) is 0.891. The second kappa shape index (κ2) is 6.62. The van der Waals surface area contributed by atoms with Crippen molar-refractivity contribution in [3.05, 3.63) is 70.8 Å². The molecule has 120 valence electrons. The first kappa shape index (κ1) is 16.7. The second-order valence-electron chi connectivity index (χ2n) is 5.10. The molecule has 2 aromatic carbocycles. The van der Waals surface area contributed by atoms with E-state index in [9.17, 15) is 18.0 Å². The zero-order chi connectivity index (χ0) is 17.0. The normalized spacial score (nSPS) is 10.9. The molecular formula is C16H16N2O4S. The molecule has 0 bridgehead atoms. The van der Waals surface area contributed by atoms with Gasteiger partial charge in [-0.3, -0.25) is 9.59 Å². The van der Waals surface area contributed by atoms with Crippen LogP contribution in [0.3, 0.4) is 0 Å². The summed E-state index contributed by atoms with van der Waals surface area (Å²) < 4.78 is 27.3. The Bertz CT molecular complexity index is 760. The minimum atomic E-state index is -4.30. The maximum Gasteiger partial charge on any atom is 0.326 e. The summed E-state index contributed by atoms with van der Waals surface area (Å²) in [7, 11) is -4.30. The minimum absolute atomic E-state index is 0.184. The van der Waals surface area contributed by atoms with Gasteiger partial charge in [-0.05, 0) is 38.1 Å². The van der Waals surface area contributed by atoms with Gasteiger partial charge < -0.3 is 0 Å². The summed E-state index contributed by atoms with van der Waals surface area (Å²) in [6.45, 7) is 3.69. The predicted molar refractivity (Wildman–Crippen MR) is 86.2 cm³/mol. The minimum Gasteiger partial charge on any atom is -0.268 e.